The maximum atomic E-state index is 14.5. The molecule has 1 fully saturated rings. The molecule has 9 rings (SSSR count). The zero-order valence-electron chi connectivity index (χ0n) is 27.4. The van der Waals surface area contributed by atoms with E-state index in [1.54, 1.807) is 36.6 Å². The number of hydrogen-bond acceptors (Lipinski definition) is 9. The first-order chi connectivity index (χ1) is 24.4. The molecule has 2 aliphatic heterocycles. The predicted molar refractivity (Wildman–Crippen MR) is 185 cm³/mol. The molecule has 1 unspecified atom stereocenters. The summed E-state index contributed by atoms with van der Waals surface area (Å²) >= 11 is 1.55. The van der Waals surface area contributed by atoms with Crippen LogP contribution in [0.25, 0.3) is 32.1 Å². The Labute approximate surface area is 290 Å². The number of ether oxygens (including phenoxy) is 1. The van der Waals surface area contributed by atoms with Gasteiger partial charge in [-0.15, -0.1) is 21.5 Å². The lowest BCUT2D eigenvalue weighted by Crippen LogP contribution is -2.22. The van der Waals surface area contributed by atoms with Crippen molar-refractivity contribution in [2.75, 3.05) is 19.0 Å². The van der Waals surface area contributed by atoms with Crippen molar-refractivity contribution in [1.82, 2.24) is 25.1 Å². The van der Waals surface area contributed by atoms with Gasteiger partial charge in [-0.1, -0.05) is 18.2 Å². The lowest BCUT2D eigenvalue weighted by Gasteiger charge is -2.17. The zero-order valence-corrected chi connectivity index (χ0v) is 28.2. The van der Waals surface area contributed by atoms with Gasteiger partial charge >= 0.3 is 0 Å². The summed E-state index contributed by atoms with van der Waals surface area (Å²) < 4.78 is 40.6. The molecule has 252 valence electrons. The van der Waals surface area contributed by atoms with Crippen LogP contribution in [0.3, 0.4) is 0 Å². The second kappa shape index (κ2) is 12.0. The summed E-state index contributed by atoms with van der Waals surface area (Å²) in [6.45, 7) is 2.42. The van der Waals surface area contributed by atoms with Crippen LogP contribution in [-0.2, 0) is 19.3 Å². The Bertz CT molecular complexity index is 2320. The van der Waals surface area contributed by atoms with Crippen molar-refractivity contribution in [3.63, 3.8) is 0 Å². The summed E-state index contributed by atoms with van der Waals surface area (Å²) in [4.78, 5) is 26.9. The first-order valence-electron chi connectivity index (χ1n) is 16.8. The molecular formula is C38H32F2N6O3S. The smallest absolute Gasteiger partial charge is 0.257 e. The molecule has 4 aromatic heterocycles. The van der Waals surface area contributed by atoms with Crippen LogP contribution < -0.4 is 10.1 Å². The Hall–Kier alpha value is -5.23. The minimum absolute atomic E-state index is 0.0374. The summed E-state index contributed by atoms with van der Waals surface area (Å²) in [5.41, 5.74) is 8.03. The standard InChI is InChI=1S/C38H32F2N6O3S/c1-19-44-45-37(49-19)31-26(13-7-20-5-8-21(39)9-6-20)43-34-29-4-3-17-46(29)38(47)33(34)32(31)30-18-28-36(50-30)27(15-16-41-28)42-25-14-11-23-22(25)10-12-24(40)35(23)48-2/h5-6,8-10,12,15-16,18,25,29H,3-4,7,11,13-14,17H2,1-2H3,(H,41,42)/t25?,29-/m1/s1. The highest BCUT2D eigenvalue weighted by atomic mass is 32.1. The highest BCUT2D eigenvalue weighted by molar-refractivity contribution is 7.22. The van der Waals surface area contributed by atoms with Crippen LogP contribution in [-0.4, -0.2) is 44.6 Å². The van der Waals surface area contributed by atoms with Crippen molar-refractivity contribution >= 4 is 33.1 Å². The van der Waals surface area contributed by atoms with E-state index < -0.39 is 0 Å². The maximum Gasteiger partial charge on any atom is 0.257 e. The van der Waals surface area contributed by atoms with Gasteiger partial charge in [0.05, 0.1) is 57.6 Å². The number of fused-ring (bicyclic) bond motifs is 5. The number of nitrogens with one attached hydrogen (secondary N) is 1. The number of hydrogen-bond donors (Lipinski definition) is 1. The normalized spacial score (nSPS) is 17.8. The van der Waals surface area contributed by atoms with Gasteiger partial charge in [0.25, 0.3) is 5.91 Å². The number of pyridine rings is 2. The fraction of sp³-hybridized carbons (Fsp3) is 0.289. The van der Waals surface area contributed by atoms with Crippen molar-refractivity contribution < 1.29 is 22.7 Å². The molecule has 6 aromatic rings. The largest absolute Gasteiger partial charge is 0.493 e. The lowest BCUT2D eigenvalue weighted by atomic mass is 9.93. The third-order valence-corrected chi connectivity index (χ3v) is 11.3. The number of carbonyl (C=O) groups excluding carboxylic acids is 1. The number of halogens is 2. The lowest BCUT2D eigenvalue weighted by molar-refractivity contribution is 0.0776. The first kappa shape index (κ1) is 30.8. The van der Waals surface area contributed by atoms with E-state index in [2.05, 4.69) is 15.5 Å². The molecule has 2 atom stereocenters. The van der Waals surface area contributed by atoms with Crippen LogP contribution in [0, 0.1) is 18.6 Å². The van der Waals surface area contributed by atoms with Crippen molar-refractivity contribution in [2.45, 2.75) is 57.5 Å². The molecule has 0 radical (unpaired) electrons. The summed E-state index contributed by atoms with van der Waals surface area (Å²) in [5, 5.41) is 12.3. The van der Waals surface area contributed by atoms with E-state index in [-0.39, 0.29) is 29.6 Å². The average molecular weight is 691 g/mol. The summed E-state index contributed by atoms with van der Waals surface area (Å²) in [5.74, 6) is 0.327. The number of aromatic nitrogens is 4. The Morgan fingerprint density at radius 2 is 1.90 bits per heavy atom. The van der Waals surface area contributed by atoms with Gasteiger partial charge in [0.2, 0.25) is 11.8 Å². The van der Waals surface area contributed by atoms with E-state index in [1.165, 1.54) is 25.3 Å². The minimum Gasteiger partial charge on any atom is -0.493 e. The monoisotopic (exact) mass is 690 g/mol. The van der Waals surface area contributed by atoms with Crippen molar-refractivity contribution in [3.05, 3.63) is 106 Å². The number of thiophene rings is 1. The van der Waals surface area contributed by atoms with Crippen LogP contribution in [0.5, 0.6) is 5.75 Å². The number of rotatable bonds is 8. The van der Waals surface area contributed by atoms with Crippen LogP contribution >= 0.6 is 11.3 Å². The molecule has 1 N–H and O–H groups in total. The molecule has 1 aliphatic carbocycles. The molecule has 50 heavy (non-hydrogen) atoms. The molecule has 3 aliphatic rings. The third kappa shape index (κ3) is 4.95. The van der Waals surface area contributed by atoms with E-state index in [0.29, 0.717) is 54.5 Å². The van der Waals surface area contributed by atoms with Gasteiger partial charge in [-0.05, 0) is 80.0 Å². The molecule has 12 heteroatoms. The Kier molecular flexibility index (Phi) is 7.38. The molecule has 1 amide bonds. The molecule has 0 saturated carbocycles. The molecule has 9 nitrogen and oxygen atoms in total. The van der Waals surface area contributed by atoms with E-state index in [0.717, 1.165) is 73.7 Å². The van der Waals surface area contributed by atoms with Crippen LogP contribution in [0.4, 0.5) is 14.5 Å². The van der Waals surface area contributed by atoms with Gasteiger partial charge in [0.15, 0.2) is 11.6 Å². The first-order valence-corrected chi connectivity index (χ1v) is 17.6. The number of carbonyl (C=O) groups is 1. The second-order valence-electron chi connectivity index (χ2n) is 13.0. The maximum absolute atomic E-state index is 14.5. The van der Waals surface area contributed by atoms with Gasteiger partial charge in [0, 0.05) is 35.7 Å². The van der Waals surface area contributed by atoms with E-state index in [4.69, 9.17) is 19.1 Å². The summed E-state index contributed by atoms with van der Waals surface area (Å²) in [6, 6.07) is 13.6. The van der Waals surface area contributed by atoms with Gasteiger partial charge in [-0.2, -0.15) is 0 Å². The number of nitrogens with zero attached hydrogens (tertiary/aromatic N) is 5. The van der Waals surface area contributed by atoms with Gasteiger partial charge in [-0.25, -0.2) is 8.78 Å². The Balaban J connectivity index is 1.20. The number of benzene rings is 2. The predicted octanol–water partition coefficient (Wildman–Crippen LogP) is 8.18. The SMILES string of the molecule is COc1c(F)ccc2c1CCC2Nc1ccnc2cc(-c3c4c(nc(CCc5ccc(F)cc5)c3-c3nnc(C)o3)[C@H]3CCCN3C4=O)sc12. The third-order valence-electron chi connectivity index (χ3n) is 10.1. The second-order valence-corrected chi connectivity index (χ2v) is 14.1. The highest BCUT2D eigenvalue weighted by Crippen LogP contribution is 2.51. The number of anilines is 1. The topological polar surface area (TPSA) is 106 Å². The number of aryl methyl sites for hydroxylation is 3. The fourth-order valence-corrected chi connectivity index (χ4v) is 9.04. The summed E-state index contributed by atoms with van der Waals surface area (Å²) in [7, 11) is 1.50. The molecule has 1 saturated heterocycles. The van der Waals surface area contributed by atoms with Crippen molar-refractivity contribution in [3.8, 4) is 27.6 Å². The van der Waals surface area contributed by atoms with Gasteiger partial charge in [0.1, 0.15) is 5.82 Å². The number of methoxy groups -OCH3 is 1. The van der Waals surface area contributed by atoms with Crippen LogP contribution in [0.15, 0.2) is 59.1 Å². The molecule has 0 spiro atoms. The number of amides is 1. The average Bonchev–Trinajstić information content (AvgIpc) is 3.96. The zero-order chi connectivity index (χ0) is 34.1. The quantitative estimate of drug-likeness (QED) is 0.171. The minimum atomic E-state index is -0.356. The van der Waals surface area contributed by atoms with E-state index in [1.807, 2.05) is 23.1 Å². The molecular weight excluding hydrogens is 659 g/mol. The van der Waals surface area contributed by atoms with E-state index in [9.17, 15) is 13.6 Å². The van der Waals surface area contributed by atoms with Gasteiger partial charge < -0.3 is 19.4 Å². The Morgan fingerprint density at radius 3 is 2.70 bits per heavy atom. The van der Waals surface area contributed by atoms with Crippen LogP contribution in [0.2, 0.25) is 0 Å². The van der Waals surface area contributed by atoms with Crippen molar-refractivity contribution in [2.24, 2.45) is 0 Å². The Morgan fingerprint density at radius 1 is 1.04 bits per heavy atom. The molecule has 6 heterocycles. The molecule has 0 bridgehead atoms. The summed E-state index contributed by atoms with van der Waals surface area (Å²) in [6.07, 6.45) is 6.16. The van der Waals surface area contributed by atoms with Crippen molar-refractivity contribution in [1.29, 1.82) is 0 Å². The fourth-order valence-electron chi connectivity index (χ4n) is 7.90. The molecule has 2 aromatic carbocycles. The van der Waals surface area contributed by atoms with Crippen LogP contribution in [0.1, 0.15) is 75.7 Å². The highest BCUT2D eigenvalue weighted by Gasteiger charge is 2.45. The van der Waals surface area contributed by atoms with E-state index >= 15 is 0 Å². The van der Waals surface area contributed by atoms with Gasteiger partial charge in [-0.3, -0.25) is 14.8 Å².